The molecule has 8 heteroatoms. The topological polar surface area (TPSA) is 68.7 Å². The van der Waals surface area contributed by atoms with Gasteiger partial charge in [-0.1, -0.05) is 23.7 Å². The number of carbonyl (C=O) groups is 1. The molecule has 0 unspecified atom stereocenters. The molecule has 1 N–H and O–H groups in total. The van der Waals surface area contributed by atoms with Crippen molar-refractivity contribution in [3.05, 3.63) is 87.3 Å². The van der Waals surface area contributed by atoms with Gasteiger partial charge in [-0.2, -0.15) is 0 Å². The van der Waals surface area contributed by atoms with E-state index < -0.39 is 5.97 Å². The number of aromatic nitrogens is 1. The Kier molecular flexibility index (Phi) is 6.06. The van der Waals surface area contributed by atoms with Crippen LogP contribution in [0.25, 0.3) is 10.1 Å². The molecule has 0 aliphatic rings. The molecule has 2 aromatic heterocycles. The fourth-order valence-electron chi connectivity index (χ4n) is 3.11. The number of hydrogen-bond donors (Lipinski definition) is 1. The molecule has 0 aliphatic heterocycles. The zero-order valence-corrected chi connectivity index (χ0v) is 18.0. The number of thiophene rings is 1. The van der Waals surface area contributed by atoms with E-state index in [1.54, 1.807) is 18.2 Å². The summed E-state index contributed by atoms with van der Waals surface area (Å²) < 4.78 is 25.4. The van der Waals surface area contributed by atoms with Crippen molar-refractivity contribution >= 4 is 39.0 Å². The average molecular weight is 458 g/mol. The first-order valence-electron chi connectivity index (χ1n) is 9.30. The van der Waals surface area contributed by atoms with Crippen LogP contribution >= 0.6 is 22.9 Å². The second-order valence-corrected chi connectivity index (χ2v) is 8.16. The third-order valence-electron chi connectivity index (χ3n) is 4.59. The van der Waals surface area contributed by atoms with Gasteiger partial charge in [0.2, 0.25) is 0 Å². The number of pyridine rings is 1. The van der Waals surface area contributed by atoms with Crippen molar-refractivity contribution in [2.75, 3.05) is 0 Å². The number of ether oxygens (including phenoxy) is 2. The highest BCUT2D eigenvalue weighted by Gasteiger charge is 2.17. The average Bonchev–Trinajstić information content (AvgIpc) is 3.16. The minimum atomic E-state index is -1.05. The SMILES string of the molecule is Cc1cc(OCc2ccc(F)cc2)cc(OCc2csc3c(C(=O)O)cnc(Cl)c23)c1. The maximum atomic E-state index is 13.0. The highest BCUT2D eigenvalue weighted by atomic mass is 35.5. The number of halogens is 2. The van der Waals surface area contributed by atoms with Crippen LogP contribution in [0.3, 0.4) is 0 Å². The first kappa shape index (κ1) is 21.1. The first-order valence-corrected chi connectivity index (χ1v) is 10.6. The fraction of sp³-hybridized carbons (Fsp3) is 0.130. The number of aromatic carboxylic acids is 1. The molecule has 2 aromatic carbocycles. The lowest BCUT2D eigenvalue weighted by Crippen LogP contribution is -2.00. The summed E-state index contributed by atoms with van der Waals surface area (Å²) in [6.45, 7) is 2.43. The molecule has 0 atom stereocenters. The fourth-order valence-corrected chi connectivity index (χ4v) is 4.49. The lowest BCUT2D eigenvalue weighted by molar-refractivity contribution is 0.0699. The summed E-state index contributed by atoms with van der Waals surface area (Å²) in [5.74, 6) is -0.110. The molecule has 4 rings (SSSR count). The van der Waals surface area contributed by atoms with Gasteiger partial charge in [-0.25, -0.2) is 14.2 Å². The predicted octanol–water partition coefficient (Wildman–Crippen LogP) is 6.25. The van der Waals surface area contributed by atoms with Crippen LogP contribution in [0, 0.1) is 12.7 Å². The molecule has 2 heterocycles. The molecule has 31 heavy (non-hydrogen) atoms. The number of rotatable bonds is 7. The van der Waals surface area contributed by atoms with Gasteiger partial charge in [0.05, 0.1) is 10.3 Å². The smallest absolute Gasteiger partial charge is 0.338 e. The zero-order valence-electron chi connectivity index (χ0n) is 16.4. The number of hydrogen-bond acceptors (Lipinski definition) is 5. The third-order valence-corrected chi connectivity index (χ3v) is 5.94. The van der Waals surface area contributed by atoms with Crippen molar-refractivity contribution in [2.24, 2.45) is 0 Å². The number of carboxylic acids is 1. The van der Waals surface area contributed by atoms with E-state index in [-0.39, 0.29) is 23.1 Å². The Labute approximate surface area is 186 Å². The molecular formula is C23H17ClFNO4S. The van der Waals surface area contributed by atoms with Crippen LogP contribution in [0.2, 0.25) is 5.15 Å². The van der Waals surface area contributed by atoms with E-state index in [4.69, 9.17) is 21.1 Å². The molecule has 0 saturated heterocycles. The minimum Gasteiger partial charge on any atom is -0.489 e. The zero-order chi connectivity index (χ0) is 22.0. The number of aryl methyl sites for hydroxylation is 1. The van der Waals surface area contributed by atoms with Gasteiger partial charge in [0.25, 0.3) is 0 Å². The Morgan fingerprint density at radius 1 is 1.13 bits per heavy atom. The number of benzene rings is 2. The van der Waals surface area contributed by atoms with Gasteiger partial charge in [-0.3, -0.25) is 0 Å². The van der Waals surface area contributed by atoms with Crippen molar-refractivity contribution < 1.29 is 23.8 Å². The lowest BCUT2D eigenvalue weighted by atomic mass is 10.1. The van der Waals surface area contributed by atoms with Crippen molar-refractivity contribution in [3.8, 4) is 11.5 Å². The van der Waals surface area contributed by atoms with E-state index in [1.165, 1.54) is 29.7 Å². The molecule has 0 aliphatic carbocycles. The molecule has 0 radical (unpaired) electrons. The Morgan fingerprint density at radius 3 is 2.48 bits per heavy atom. The van der Waals surface area contributed by atoms with E-state index >= 15 is 0 Å². The quantitative estimate of drug-likeness (QED) is 0.332. The second kappa shape index (κ2) is 8.91. The second-order valence-electron chi connectivity index (χ2n) is 6.92. The van der Waals surface area contributed by atoms with Gasteiger partial charge in [0.1, 0.15) is 35.7 Å². The van der Waals surface area contributed by atoms with Gasteiger partial charge >= 0.3 is 5.97 Å². The van der Waals surface area contributed by atoms with Crippen LogP contribution in [-0.4, -0.2) is 16.1 Å². The largest absolute Gasteiger partial charge is 0.489 e. The summed E-state index contributed by atoms with van der Waals surface area (Å²) in [7, 11) is 0. The predicted molar refractivity (Wildman–Crippen MR) is 118 cm³/mol. The summed E-state index contributed by atoms with van der Waals surface area (Å²) in [6.07, 6.45) is 1.26. The van der Waals surface area contributed by atoms with Gasteiger partial charge in [0, 0.05) is 23.2 Å². The Bertz CT molecular complexity index is 1260. The number of carboxylic acid groups (broad SMARTS) is 1. The third kappa shape index (κ3) is 4.78. The van der Waals surface area contributed by atoms with E-state index in [2.05, 4.69) is 4.98 Å². The molecular weight excluding hydrogens is 441 g/mol. The standard InChI is InChI=1S/C23H17ClFNO4S/c1-13-6-17(29-10-14-2-4-16(25)5-3-14)8-18(7-13)30-11-15-12-31-21-19(23(27)28)9-26-22(24)20(15)21/h2-9,12H,10-11H2,1H3,(H,27,28). The Balaban J connectivity index is 1.50. The molecule has 0 fully saturated rings. The summed E-state index contributed by atoms with van der Waals surface area (Å²) >= 11 is 7.52. The van der Waals surface area contributed by atoms with Gasteiger partial charge in [-0.05, 0) is 47.7 Å². The highest BCUT2D eigenvalue weighted by molar-refractivity contribution is 7.17. The summed E-state index contributed by atoms with van der Waals surface area (Å²) in [5, 5.41) is 12.0. The summed E-state index contributed by atoms with van der Waals surface area (Å²) in [6, 6.07) is 11.7. The van der Waals surface area contributed by atoms with Crippen molar-refractivity contribution in [1.29, 1.82) is 0 Å². The van der Waals surface area contributed by atoms with Gasteiger partial charge < -0.3 is 14.6 Å². The van der Waals surface area contributed by atoms with Crippen LogP contribution in [0.15, 0.2) is 54.0 Å². The molecule has 4 aromatic rings. The van der Waals surface area contributed by atoms with E-state index in [9.17, 15) is 14.3 Å². The van der Waals surface area contributed by atoms with Crippen molar-refractivity contribution in [1.82, 2.24) is 4.98 Å². The molecule has 5 nitrogen and oxygen atoms in total. The monoisotopic (exact) mass is 457 g/mol. The minimum absolute atomic E-state index is 0.114. The van der Waals surface area contributed by atoms with Crippen molar-refractivity contribution in [2.45, 2.75) is 20.1 Å². The Hall–Kier alpha value is -3.16. The maximum absolute atomic E-state index is 13.0. The molecule has 0 amide bonds. The van der Waals surface area contributed by atoms with Gasteiger partial charge in [0.15, 0.2) is 0 Å². The highest BCUT2D eigenvalue weighted by Crippen LogP contribution is 2.34. The van der Waals surface area contributed by atoms with Crippen LogP contribution in [0.1, 0.15) is 27.0 Å². The van der Waals surface area contributed by atoms with Crippen molar-refractivity contribution in [3.63, 3.8) is 0 Å². The summed E-state index contributed by atoms with van der Waals surface area (Å²) in [5.41, 5.74) is 2.68. The molecule has 158 valence electrons. The first-order chi connectivity index (χ1) is 14.9. The van der Waals surface area contributed by atoms with E-state index in [0.717, 1.165) is 16.7 Å². The normalized spacial score (nSPS) is 10.9. The van der Waals surface area contributed by atoms with Gasteiger partial charge in [-0.15, -0.1) is 11.3 Å². The Morgan fingerprint density at radius 2 is 1.81 bits per heavy atom. The van der Waals surface area contributed by atoms with Crippen LogP contribution in [0.5, 0.6) is 11.5 Å². The molecule has 0 saturated carbocycles. The van der Waals surface area contributed by atoms with E-state index in [1.807, 2.05) is 24.4 Å². The molecule has 0 bridgehead atoms. The maximum Gasteiger partial charge on any atom is 0.338 e. The number of nitrogens with zero attached hydrogens (tertiary/aromatic N) is 1. The lowest BCUT2D eigenvalue weighted by Gasteiger charge is -2.11. The number of fused-ring (bicyclic) bond motifs is 1. The van der Waals surface area contributed by atoms with E-state index in [0.29, 0.717) is 28.2 Å². The molecule has 0 spiro atoms. The van der Waals surface area contributed by atoms with Crippen LogP contribution in [0.4, 0.5) is 4.39 Å². The summed E-state index contributed by atoms with van der Waals surface area (Å²) in [4.78, 5) is 15.4. The van der Waals surface area contributed by atoms with Crippen LogP contribution in [-0.2, 0) is 13.2 Å². The van der Waals surface area contributed by atoms with Crippen LogP contribution < -0.4 is 9.47 Å².